The van der Waals surface area contributed by atoms with E-state index in [9.17, 15) is 18.0 Å². The Morgan fingerprint density at radius 2 is 1.93 bits per heavy atom. The molecular formula is C32H24ClF5N4O2. The summed E-state index contributed by atoms with van der Waals surface area (Å²) < 4.78 is 83.0. The minimum atomic E-state index is -4.74. The van der Waals surface area contributed by atoms with Crippen molar-refractivity contribution < 1.29 is 31.5 Å². The van der Waals surface area contributed by atoms with E-state index in [1.807, 2.05) is 0 Å². The van der Waals surface area contributed by atoms with Gasteiger partial charge < -0.3 is 18.6 Å². The first-order valence-electron chi connectivity index (χ1n) is 13.4. The highest BCUT2D eigenvalue weighted by molar-refractivity contribution is 6.18. The van der Waals surface area contributed by atoms with Gasteiger partial charge in [0.2, 0.25) is 5.78 Å². The lowest BCUT2D eigenvalue weighted by Crippen LogP contribution is -2.18. The van der Waals surface area contributed by atoms with Crippen molar-refractivity contribution >= 4 is 39.6 Å². The molecule has 0 spiro atoms. The third-order valence-corrected chi connectivity index (χ3v) is 7.89. The van der Waals surface area contributed by atoms with E-state index in [4.69, 9.17) is 16.3 Å². The quantitative estimate of drug-likeness (QED) is 0.0839. The number of fused-ring (bicyclic) bond motifs is 4. The Bertz CT molecular complexity index is 2000. The van der Waals surface area contributed by atoms with Gasteiger partial charge in [0.1, 0.15) is 11.2 Å². The summed E-state index contributed by atoms with van der Waals surface area (Å²) >= 11 is 5.64. The second-order valence-electron chi connectivity index (χ2n) is 10.4. The number of rotatable bonds is 6. The summed E-state index contributed by atoms with van der Waals surface area (Å²) in [6.07, 6.45) is 1.54. The fourth-order valence-electron chi connectivity index (χ4n) is 5.64. The summed E-state index contributed by atoms with van der Waals surface area (Å²) in [4.78, 5) is 19.3. The summed E-state index contributed by atoms with van der Waals surface area (Å²) in [7, 11) is 3.02. The van der Waals surface area contributed by atoms with Crippen molar-refractivity contribution in [2.45, 2.75) is 12.6 Å². The van der Waals surface area contributed by atoms with Crippen LogP contribution in [0.5, 0.6) is 5.75 Å². The number of ether oxygens (including phenoxy) is 1. The monoisotopic (exact) mass is 626 g/mol. The lowest BCUT2D eigenvalue weighted by atomic mass is 9.94. The highest BCUT2D eigenvalue weighted by atomic mass is 35.5. The van der Waals surface area contributed by atoms with Gasteiger partial charge in [-0.25, -0.2) is 13.8 Å². The number of hydrogen-bond acceptors (Lipinski definition) is 4. The Morgan fingerprint density at radius 3 is 2.61 bits per heavy atom. The predicted octanol–water partition coefficient (Wildman–Crippen LogP) is 7.70. The fraction of sp³-hybridized carbons (Fsp3) is 0.188. The number of imidazole rings is 1. The van der Waals surface area contributed by atoms with Gasteiger partial charge in [0, 0.05) is 55.0 Å². The molecule has 44 heavy (non-hydrogen) atoms. The number of allylic oxidation sites excluding steroid dienone is 2. The number of likely N-dealkylation sites (N-methyl/N-ethyl adjacent to an activating group) is 1. The number of carbonyl (C=O) groups excluding carboxylic acids is 1. The molecule has 6 nitrogen and oxygen atoms in total. The average Bonchev–Trinajstić information content (AvgIpc) is 3.53. The van der Waals surface area contributed by atoms with Gasteiger partial charge in [-0.2, -0.15) is 13.2 Å². The van der Waals surface area contributed by atoms with Crippen LogP contribution in [0.25, 0.3) is 27.7 Å². The van der Waals surface area contributed by atoms with E-state index in [1.54, 1.807) is 13.1 Å². The number of carbonyl (C=O) groups is 1. The van der Waals surface area contributed by atoms with Crippen LogP contribution in [0, 0.1) is 11.6 Å². The Labute approximate surface area is 253 Å². The SMILES string of the molecule is C=C(/C=C/CCl)N(C)c1c(F)cc(C(=O)c2cc3c4c(cccn24)-c2c(C(F)(F)F)cc4c(ncn4C)c2OCC3)cc1F. The first-order valence-corrected chi connectivity index (χ1v) is 14.0. The van der Waals surface area contributed by atoms with Crippen molar-refractivity contribution in [3.8, 4) is 16.9 Å². The molecule has 0 fully saturated rings. The van der Waals surface area contributed by atoms with E-state index in [0.29, 0.717) is 11.1 Å². The maximum Gasteiger partial charge on any atom is 0.417 e. The maximum atomic E-state index is 15.3. The van der Waals surface area contributed by atoms with Gasteiger partial charge in [-0.1, -0.05) is 18.7 Å². The van der Waals surface area contributed by atoms with E-state index < -0.39 is 34.8 Å². The molecule has 1 aliphatic rings. The van der Waals surface area contributed by atoms with E-state index in [-0.39, 0.29) is 63.8 Å². The zero-order valence-corrected chi connectivity index (χ0v) is 24.2. The maximum absolute atomic E-state index is 15.3. The third-order valence-electron chi connectivity index (χ3n) is 7.71. The van der Waals surface area contributed by atoms with Crippen LogP contribution in [0.3, 0.4) is 0 Å². The number of anilines is 1. The molecule has 0 aliphatic carbocycles. The number of ketones is 1. The van der Waals surface area contributed by atoms with E-state index in [2.05, 4.69) is 11.6 Å². The number of alkyl halides is 4. The van der Waals surface area contributed by atoms with Crippen molar-refractivity contribution in [1.29, 1.82) is 0 Å². The number of benzene rings is 2. The molecule has 3 aromatic heterocycles. The summed E-state index contributed by atoms with van der Waals surface area (Å²) in [5, 5.41) is 0. The first kappa shape index (κ1) is 29.4. The molecule has 0 amide bonds. The van der Waals surface area contributed by atoms with Gasteiger partial charge in [0.25, 0.3) is 0 Å². The number of aromatic nitrogens is 3. The highest BCUT2D eigenvalue weighted by Crippen LogP contribution is 2.48. The molecule has 5 aromatic rings. The van der Waals surface area contributed by atoms with Gasteiger partial charge >= 0.3 is 6.18 Å². The lowest BCUT2D eigenvalue weighted by Gasteiger charge is -2.22. The van der Waals surface area contributed by atoms with Crippen LogP contribution in [0.1, 0.15) is 27.2 Å². The number of nitrogens with zero attached hydrogens (tertiary/aromatic N) is 4. The number of pyridine rings is 1. The third kappa shape index (κ3) is 4.71. The topological polar surface area (TPSA) is 51.8 Å². The van der Waals surface area contributed by atoms with Crippen LogP contribution >= 0.6 is 11.6 Å². The standard InChI is InChI=1S/C32H24ClF5N4O2/c1-17(6-4-9-33)41(3)29-22(34)12-19(13-23(29)35)30(43)25-14-18-8-11-44-31-26(20-7-5-10-42(25)28(18)20)21(32(36,37)38)15-24-27(31)39-16-40(24)2/h4-7,10,12-16H,1,8-9,11H2,2-3H3/b6-4+. The highest BCUT2D eigenvalue weighted by Gasteiger charge is 2.38. The van der Waals surface area contributed by atoms with Gasteiger partial charge in [0.15, 0.2) is 17.4 Å². The Balaban J connectivity index is 1.52. The van der Waals surface area contributed by atoms with Crippen LogP contribution < -0.4 is 9.64 Å². The van der Waals surface area contributed by atoms with Crippen molar-refractivity contribution in [1.82, 2.24) is 14.0 Å². The minimum absolute atomic E-state index is 0.00502. The van der Waals surface area contributed by atoms with E-state index in [0.717, 1.165) is 18.2 Å². The van der Waals surface area contributed by atoms with Crippen LogP contribution in [0.2, 0.25) is 0 Å². The molecular weight excluding hydrogens is 603 g/mol. The molecule has 0 atom stereocenters. The molecule has 0 bridgehead atoms. The largest absolute Gasteiger partial charge is 0.490 e. The Kier molecular flexibility index (Phi) is 7.23. The molecule has 12 heteroatoms. The molecule has 2 aromatic carbocycles. The van der Waals surface area contributed by atoms with Gasteiger partial charge in [0.05, 0.1) is 35.2 Å². The molecule has 1 aliphatic heterocycles. The molecule has 226 valence electrons. The van der Waals surface area contributed by atoms with E-state index in [1.165, 1.54) is 57.7 Å². The molecule has 0 saturated carbocycles. The summed E-state index contributed by atoms with van der Waals surface area (Å²) in [5.41, 5.74) is 0.145. The minimum Gasteiger partial charge on any atom is -0.490 e. The van der Waals surface area contributed by atoms with Crippen molar-refractivity contribution in [2.24, 2.45) is 7.05 Å². The second-order valence-corrected chi connectivity index (χ2v) is 10.7. The molecule has 0 radical (unpaired) electrons. The van der Waals surface area contributed by atoms with Crippen molar-refractivity contribution in [3.63, 3.8) is 0 Å². The van der Waals surface area contributed by atoms with Gasteiger partial charge in [-0.3, -0.25) is 4.79 Å². The molecule has 6 rings (SSSR count). The summed E-state index contributed by atoms with van der Waals surface area (Å²) in [6, 6.07) is 7.45. The lowest BCUT2D eigenvalue weighted by molar-refractivity contribution is -0.137. The van der Waals surface area contributed by atoms with Crippen LogP contribution in [0.15, 0.2) is 73.4 Å². The zero-order chi connectivity index (χ0) is 31.5. The van der Waals surface area contributed by atoms with E-state index >= 15 is 8.78 Å². The average molecular weight is 627 g/mol. The van der Waals surface area contributed by atoms with Crippen molar-refractivity contribution in [2.75, 3.05) is 24.4 Å². The fourth-order valence-corrected chi connectivity index (χ4v) is 5.73. The summed E-state index contributed by atoms with van der Waals surface area (Å²) in [6.45, 7) is 3.79. The molecule has 0 N–H and O–H groups in total. The number of hydrogen-bond donors (Lipinski definition) is 0. The predicted molar refractivity (Wildman–Crippen MR) is 158 cm³/mol. The Morgan fingerprint density at radius 1 is 1.20 bits per heavy atom. The van der Waals surface area contributed by atoms with Crippen LogP contribution in [-0.2, 0) is 19.6 Å². The first-order chi connectivity index (χ1) is 20.9. The smallest absolute Gasteiger partial charge is 0.417 e. The Hall–Kier alpha value is -4.64. The molecule has 4 heterocycles. The second kappa shape index (κ2) is 10.8. The van der Waals surface area contributed by atoms with Crippen LogP contribution in [-0.4, -0.2) is 39.3 Å². The van der Waals surface area contributed by atoms with Gasteiger partial charge in [-0.15, -0.1) is 11.6 Å². The zero-order valence-electron chi connectivity index (χ0n) is 23.5. The molecule has 0 saturated heterocycles. The molecule has 0 unspecified atom stereocenters. The van der Waals surface area contributed by atoms with Gasteiger partial charge in [-0.05, 0) is 42.0 Å². The normalized spacial score (nSPS) is 13.2. The number of halogens is 6. The van der Waals surface area contributed by atoms with Crippen molar-refractivity contribution in [3.05, 3.63) is 107 Å². The van der Waals surface area contributed by atoms with Crippen LogP contribution in [0.4, 0.5) is 27.6 Å². The number of aryl methyl sites for hydroxylation is 1. The summed E-state index contributed by atoms with van der Waals surface area (Å²) in [5.74, 6) is -2.52.